The lowest BCUT2D eigenvalue weighted by molar-refractivity contribution is -0.124. The Balaban J connectivity index is 3.63. The van der Waals surface area contributed by atoms with Crippen LogP contribution in [0.3, 0.4) is 0 Å². The van der Waals surface area contributed by atoms with E-state index in [-0.39, 0.29) is 0 Å². The SMILES string of the molecule is CCCC[C@@H](O)[C@@H](C)C(N)=O. The molecule has 0 heterocycles. The van der Waals surface area contributed by atoms with E-state index in [9.17, 15) is 9.90 Å². The summed E-state index contributed by atoms with van der Waals surface area (Å²) in [5.74, 6) is -0.838. The first-order valence-corrected chi connectivity index (χ1v) is 4.07. The lowest BCUT2D eigenvalue weighted by Gasteiger charge is -2.14. The topological polar surface area (TPSA) is 63.3 Å². The van der Waals surface area contributed by atoms with Gasteiger partial charge in [0.2, 0.25) is 5.91 Å². The normalized spacial score (nSPS) is 15.9. The van der Waals surface area contributed by atoms with Crippen molar-refractivity contribution in [3.63, 3.8) is 0 Å². The number of nitrogens with two attached hydrogens (primary N) is 1. The van der Waals surface area contributed by atoms with Crippen LogP contribution in [-0.4, -0.2) is 17.1 Å². The molecule has 0 unspecified atom stereocenters. The summed E-state index contributed by atoms with van der Waals surface area (Å²) in [4.78, 5) is 10.6. The maximum Gasteiger partial charge on any atom is 0.222 e. The molecular formula is C8H17NO2. The Hall–Kier alpha value is -0.570. The summed E-state index contributed by atoms with van der Waals surface area (Å²) in [6.07, 6.45) is 2.08. The molecule has 3 heteroatoms. The van der Waals surface area contributed by atoms with Crippen molar-refractivity contribution in [1.82, 2.24) is 0 Å². The van der Waals surface area contributed by atoms with Gasteiger partial charge in [-0.15, -0.1) is 0 Å². The molecule has 0 bridgehead atoms. The van der Waals surface area contributed by atoms with Crippen LogP contribution in [0, 0.1) is 5.92 Å². The van der Waals surface area contributed by atoms with E-state index >= 15 is 0 Å². The molecule has 3 nitrogen and oxygen atoms in total. The minimum atomic E-state index is -0.563. The van der Waals surface area contributed by atoms with Gasteiger partial charge in [-0.3, -0.25) is 4.79 Å². The third-order valence-electron chi connectivity index (χ3n) is 1.88. The molecule has 0 aromatic rings. The summed E-state index contributed by atoms with van der Waals surface area (Å²) in [6, 6.07) is 0. The summed E-state index contributed by atoms with van der Waals surface area (Å²) in [6.45, 7) is 3.70. The van der Waals surface area contributed by atoms with Gasteiger partial charge in [-0.2, -0.15) is 0 Å². The van der Waals surface area contributed by atoms with Crippen molar-refractivity contribution in [3.05, 3.63) is 0 Å². The van der Waals surface area contributed by atoms with Crippen LogP contribution in [0.15, 0.2) is 0 Å². The first-order valence-electron chi connectivity index (χ1n) is 4.07. The number of carbonyl (C=O) groups is 1. The van der Waals surface area contributed by atoms with E-state index in [4.69, 9.17) is 5.73 Å². The number of rotatable bonds is 5. The second-order valence-electron chi connectivity index (χ2n) is 2.90. The molecular weight excluding hydrogens is 142 g/mol. The first-order chi connectivity index (χ1) is 5.09. The van der Waals surface area contributed by atoms with Crippen LogP contribution in [0.25, 0.3) is 0 Å². The molecule has 66 valence electrons. The minimum Gasteiger partial charge on any atom is -0.392 e. The number of hydrogen-bond donors (Lipinski definition) is 2. The van der Waals surface area contributed by atoms with Crippen molar-refractivity contribution >= 4 is 5.91 Å². The molecule has 0 aliphatic carbocycles. The fourth-order valence-electron chi connectivity index (χ4n) is 0.853. The monoisotopic (exact) mass is 159 g/mol. The van der Waals surface area contributed by atoms with Gasteiger partial charge in [-0.25, -0.2) is 0 Å². The van der Waals surface area contributed by atoms with E-state index in [1.54, 1.807) is 6.92 Å². The van der Waals surface area contributed by atoms with Gasteiger partial charge in [0.25, 0.3) is 0 Å². The van der Waals surface area contributed by atoms with Gasteiger partial charge in [0, 0.05) is 0 Å². The Morgan fingerprint density at radius 3 is 2.55 bits per heavy atom. The Morgan fingerprint density at radius 1 is 1.64 bits per heavy atom. The van der Waals surface area contributed by atoms with Crippen molar-refractivity contribution in [2.45, 2.75) is 39.2 Å². The molecule has 3 N–H and O–H groups in total. The molecule has 0 aliphatic heterocycles. The van der Waals surface area contributed by atoms with E-state index in [1.165, 1.54) is 0 Å². The second kappa shape index (κ2) is 5.13. The van der Waals surface area contributed by atoms with Crippen LogP contribution in [-0.2, 0) is 4.79 Å². The van der Waals surface area contributed by atoms with E-state index in [2.05, 4.69) is 0 Å². The van der Waals surface area contributed by atoms with Gasteiger partial charge in [-0.1, -0.05) is 26.7 Å². The smallest absolute Gasteiger partial charge is 0.222 e. The molecule has 11 heavy (non-hydrogen) atoms. The summed E-state index contributed by atoms with van der Waals surface area (Å²) < 4.78 is 0. The number of carbonyl (C=O) groups excluding carboxylic acids is 1. The molecule has 0 saturated heterocycles. The average molecular weight is 159 g/mol. The molecule has 2 atom stereocenters. The average Bonchev–Trinajstić information content (AvgIpc) is 1.98. The maximum absolute atomic E-state index is 10.6. The predicted octanol–water partition coefficient (Wildman–Crippen LogP) is 0.659. The van der Waals surface area contributed by atoms with E-state index < -0.39 is 17.9 Å². The van der Waals surface area contributed by atoms with Crippen molar-refractivity contribution in [2.24, 2.45) is 11.7 Å². The van der Waals surface area contributed by atoms with Crippen molar-refractivity contribution < 1.29 is 9.90 Å². The highest BCUT2D eigenvalue weighted by Crippen LogP contribution is 2.09. The number of amides is 1. The molecule has 0 aromatic carbocycles. The number of aliphatic hydroxyl groups excluding tert-OH is 1. The third kappa shape index (κ3) is 3.98. The Labute approximate surface area is 67.6 Å². The standard InChI is InChI=1S/C8H17NO2/c1-3-4-5-7(10)6(2)8(9)11/h6-7,10H,3-5H2,1-2H3,(H2,9,11)/t6-,7-/m1/s1. The lowest BCUT2D eigenvalue weighted by atomic mass is 9.99. The first kappa shape index (κ1) is 10.4. The largest absolute Gasteiger partial charge is 0.392 e. The summed E-state index contributed by atoms with van der Waals surface area (Å²) >= 11 is 0. The van der Waals surface area contributed by atoms with E-state index in [1.807, 2.05) is 6.92 Å². The fraction of sp³-hybridized carbons (Fsp3) is 0.875. The highest BCUT2D eigenvalue weighted by molar-refractivity contribution is 5.76. The van der Waals surface area contributed by atoms with Crippen LogP contribution < -0.4 is 5.73 Å². The molecule has 0 aromatic heterocycles. The maximum atomic E-state index is 10.6. The van der Waals surface area contributed by atoms with Gasteiger partial charge in [0.05, 0.1) is 12.0 Å². The molecule has 0 saturated carbocycles. The number of primary amides is 1. The number of unbranched alkanes of at least 4 members (excludes halogenated alkanes) is 1. The number of hydrogen-bond acceptors (Lipinski definition) is 2. The van der Waals surface area contributed by atoms with Gasteiger partial charge in [0.15, 0.2) is 0 Å². The Bertz CT molecular complexity index is 125. The van der Waals surface area contributed by atoms with Gasteiger partial charge in [0.1, 0.15) is 0 Å². The highest BCUT2D eigenvalue weighted by Gasteiger charge is 2.18. The predicted molar refractivity (Wildman–Crippen MR) is 43.9 cm³/mol. The van der Waals surface area contributed by atoms with Gasteiger partial charge < -0.3 is 10.8 Å². The zero-order valence-corrected chi connectivity index (χ0v) is 7.21. The van der Waals surface area contributed by atoms with Crippen molar-refractivity contribution in [3.8, 4) is 0 Å². The van der Waals surface area contributed by atoms with E-state index in [0.29, 0.717) is 6.42 Å². The van der Waals surface area contributed by atoms with E-state index in [0.717, 1.165) is 12.8 Å². The zero-order valence-electron chi connectivity index (χ0n) is 7.21. The van der Waals surface area contributed by atoms with Crippen molar-refractivity contribution in [1.29, 1.82) is 0 Å². The van der Waals surface area contributed by atoms with Crippen LogP contribution in [0.1, 0.15) is 33.1 Å². The van der Waals surface area contributed by atoms with Gasteiger partial charge in [-0.05, 0) is 6.42 Å². The Kier molecular flexibility index (Phi) is 4.86. The summed E-state index contributed by atoms with van der Waals surface area (Å²) in [5, 5.41) is 9.32. The molecule has 0 rings (SSSR count). The summed E-state index contributed by atoms with van der Waals surface area (Å²) in [5.41, 5.74) is 5.01. The lowest BCUT2D eigenvalue weighted by Crippen LogP contribution is -2.31. The van der Waals surface area contributed by atoms with Crippen molar-refractivity contribution in [2.75, 3.05) is 0 Å². The van der Waals surface area contributed by atoms with Crippen LogP contribution in [0.2, 0.25) is 0 Å². The fourth-order valence-corrected chi connectivity index (χ4v) is 0.853. The highest BCUT2D eigenvalue weighted by atomic mass is 16.3. The summed E-state index contributed by atoms with van der Waals surface area (Å²) in [7, 11) is 0. The Morgan fingerprint density at radius 2 is 2.18 bits per heavy atom. The molecule has 0 spiro atoms. The number of aliphatic hydroxyl groups is 1. The third-order valence-corrected chi connectivity index (χ3v) is 1.88. The zero-order chi connectivity index (χ0) is 8.85. The van der Waals surface area contributed by atoms with Crippen LogP contribution in [0.5, 0.6) is 0 Å². The molecule has 0 fully saturated rings. The van der Waals surface area contributed by atoms with Crippen LogP contribution >= 0.6 is 0 Å². The molecule has 1 amide bonds. The van der Waals surface area contributed by atoms with Gasteiger partial charge >= 0.3 is 0 Å². The minimum absolute atomic E-state index is 0.415. The molecule has 0 radical (unpaired) electrons. The van der Waals surface area contributed by atoms with Crippen LogP contribution in [0.4, 0.5) is 0 Å². The second-order valence-corrected chi connectivity index (χ2v) is 2.90. The quantitative estimate of drug-likeness (QED) is 0.619. The molecule has 0 aliphatic rings.